The Labute approximate surface area is 113 Å². The molecule has 1 N–H and O–H groups in total. The molecule has 0 aromatic heterocycles. The van der Waals surface area contributed by atoms with E-state index >= 15 is 0 Å². The van der Waals surface area contributed by atoms with Gasteiger partial charge in [-0.2, -0.15) is 0 Å². The second kappa shape index (κ2) is 5.38. The highest BCUT2D eigenvalue weighted by atomic mass is 32.2. The average Bonchev–Trinajstić information content (AvgIpc) is 2.72. The Bertz CT molecular complexity index is 556. The van der Waals surface area contributed by atoms with Crippen LogP contribution in [0.1, 0.15) is 12.0 Å². The molecule has 1 unspecified atom stereocenters. The van der Waals surface area contributed by atoms with Gasteiger partial charge in [-0.15, -0.1) is 0 Å². The van der Waals surface area contributed by atoms with Crippen molar-refractivity contribution in [3.63, 3.8) is 0 Å². The molecular weight excluding hydrogens is 266 g/mol. The number of methoxy groups -OCH3 is 1. The van der Waals surface area contributed by atoms with Crippen LogP contribution in [0.15, 0.2) is 18.2 Å². The third-order valence-electron chi connectivity index (χ3n) is 3.55. The standard InChI is InChI=1S/C13H19NO4S/c1-14(11-6-7-19(16,17)9-11)8-10-4-3-5-12(18-2)13(10)15/h3-5,11,15H,6-9H2,1-2H3. The van der Waals surface area contributed by atoms with E-state index < -0.39 is 9.84 Å². The van der Waals surface area contributed by atoms with Crippen LogP contribution >= 0.6 is 0 Å². The molecule has 1 aliphatic heterocycles. The lowest BCUT2D eigenvalue weighted by molar-refractivity contribution is 0.249. The number of para-hydroxylation sites is 1. The molecule has 1 heterocycles. The van der Waals surface area contributed by atoms with Gasteiger partial charge < -0.3 is 9.84 Å². The Hall–Kier alpha value is -1.27. The molecule has 2 rings (SSSR count). The zero-order valence-corrected chi connectivity index (χ0v) is 12.0. The molecule has 0 bridgehead atoms. The predicted molar refractivity (Wildman–Crippen MR) is 73.2 cm³/mol. The maximum Gasteiger partial charge on any atom is 0.162 e. The van der Waals surface area contributed by atoms with E-state index in [9.17, 15) is 13.5 Å². The molecule has 1 atom stereocenters. The average molecular weight is 285 g/mol. The summed E-state index contributed by atoms with van der Waals surface area (Å²) in [6.45, 7) is 0.503. The number of phenols is 1. The molecule has 1 fully saturated rings. The van der Waals surface area contributed by atoms with Crippen molar-refractivity contribution in [2.24, 2.45) is 0 Å². The number of benzene rings is 1. The lowest BCUT2D eigenvalue weighted by atomic mass is 10.1. The maximum atomic E-state index is 11.5. The number of aromatic hydroxyl groups is 1. The molecule has 6 heteroatoms. The highest BCUT2D eigenvalue weighted by Crippen LogP contribution is 2.31. The quantitative estimate of drug-likeness (QED) is 0.894. The molecular formula is C13H19NO4S. The summed E-state index contributed by atoms with van der Waals surface area (Å²) in [5.41, 5.74) is 0.742. The fourth-order valence-corrected chi connectivity index (χ4v) is 4.19. The van der Waals surface area contributed by atoms with Gasteiger partial charge in [0.15, 0.2) is 21.3 Å². The first-order chi connectivity index (χ1) is 8.93. The summed E-state index contributed by atoms with van der Waals surface area (Å²) in [6, 6.07) is 5.35. The van der Waals surface area contributed by atoms with Crippen LogP contribution in [-0.4, -0.2) is 50.1 Å². The predicted octanol–water partition coefficient (Wildman–Crippen LogP) is 1.02. The summed E-state index contributed by atoms with van der Waals surface area (Å²) in [7, 11) is 0.501. The van der Waals surface area contributed by atoms with Gasteiger partial charge in [-0.25, -0.2) is 8.42 Å². The number of phenolic OH excluding ortho intramolecular Hbond substituents is 1. The minimum atomic E-state index is -2.88. The number of hydrogen-bond acceptors (Lipinski definition) is 5. The maximum absolute atomic E-state index is 11.5. The van der Waals surface area contributed by atoms with Crippen molar-refractivity contribution in [1.82, 2.24) is 4.90 Å². The lowest BCUT2D eigenvalue weighted by Gasteiger charge is -2.23. The topological polar surface area (TPSA) is 66.8 Å². The van der Waals surface area contributed by atoms with Crippen LogP contribution in [-0.2, 0) is 16.4 Å². The monoisotopic (exact) mass is 285 g/mol. The molecule has 1 aromatic rings. The van der Waals surface area contributed by atoms with Crippen LogP contribution in [0.4, 0.5) is 0 Å². The van der Waals surface area contributed by atoms with Crippen LogP contribution in [0.3, 0.4) is 0 Å². The molecule has 0 radical (unpaired) electrons. The summed E-state index contributed by atoms with van der Waals surface area (Å²) < 4.78 is 28.0. The normalized spacial score (nSPS) is 21.7. The first kappa shape index (κ1) is 14.1. The van der Waals surface area contributed by atoms with E-state index in [-0.39, 0.29) is 23.3 Å². The molecule has 1 aromatic carbocycles. The van der Waals surface area contributed by atoms with Crippen molar-refractivity contribution < 1.29 is 18.3 Å². The third-order valence-corrected chi connectivity index (χ3v) is 5.30. The van der Waals surface area contributed by atoms with Crippen molar-refractivity contribution in [1.29, 1.82) is 0 Å². The van der Waals surface area contributed by atoms with Gasteiger partial charge in [-0.3, -0.25) is 4.90 Å². The molecule has 106 valence electrons. The Morgan fingerprint density at radius 1 is 1.47 bits per heavy atom. The van der Waals surface area contributed by atoms with Gasteiger partial charge in [-0.1, -0.05) is 12.1 Å². The van der Waals surface area contributed by atoms with Crippen molar-refractivity contribution in [3.05, 3.63) is 23.8 Å². The van der Waals surface area contributed by atoms with Crippen molar-refractivity contribution >= 4 is 9.84 Å². The molecule has 0 saturated carbocycles. The molecule has 1 aliphatic rings. The van der Waals surface area contributed by atoms with Gasteiger partial charge in [0.25, 0.3) is 0 Å². The van der Waals surface area contributed by atoms with E-state index in [4.69, 9.17) is 4.74 Å². The highest BCUT2D eigenvalue weighted by molar-refractivity contribution is 7.91. The zero-order valence-electron chi connectivity index (χ0n) is 11.2. The van der Waals surface area contributed by atoms with Crippen molar-refractivity contribution in [2.45, 2.75) is 19.0 Å². The summed E-state index contributed by atoms with van der Waals surface area (Å²) in [5, 5.41) is 10.0. The van der Waals surface area contributed by atoms with Gasteiger partial charge in [0.05, 0.1) is 18.6 Å². The molecule has 5 nitrogen and oxygen atoms in total. The number of sulfone groups is 1. The van der Waals surface area contributed by atoms with Crippen LogP contribution in [0, 0.1) is 0 Å². The van der Waals surface area contributed by atoms with E-state index in [0.29, 0.717) is 18.7 Å². The van der Waals surface area contributed by atoms with Gasteiger partial charge in [0.1, 0.15) is 0 Å². The molecule has 1 saturated heterocycles. The van der Waals surface area contributed by atoms with Crippen LogP contribution in [0.5, 0.6) is 11.5 Å². The number of ether oxygens (including phenoxy) is 1. The molecule has 0 amide bonds. The van der Waals surface area contributed by atoms with Gasteiger partial charge in [0.2, 0.25) is 0 Å². The van der Waals surface area contributed by atoms with Gasteiger partial charge in [-0.05, 0) is 19.5 Å². The minimum absolute atomic E-state index is 0.0237. The van der Waals surface area contributed by atoms with E-state index in [1.165, 1.54) is 7.11 Å². The second-order valence-corrected chi connectivity index (χ2v) is 7.17. The highest BCUT2D eigenvalue weighted by Gasteiger charge is 2.30. The Morgan fingerprint density at radius 2 is 2.21 bits per heavy atom. The fourth-order valence-electron chi connectivity index (χ4n) is 2.38. The first-order valence-electron chi connectivity index (χ1n) is 6.18. The van der Waals surface area contributed by atoms with Crippen molar-refractivity contribution in [3.8, 4) is 11.5 Å². The first-order valence-corrected chi connectivity index (χ1v) is 8.00. The summed E-state index contributed by atoms with van der Waals surface area (Å²) >= 11 is 0. The van der Waals surface area contributed by atoms with E-state index in [2.05, 4.69) is 0 Å². The second-order valence-electron chi connectivity index (χ2n) is 4.94. The summed E-state index contributed by atoms with van der Waals surface area (Å²) in [4.78, 5) is 1.97. The smallest absolute Gasteiger partial charge is 0.162 e. The summed E-state index contributed by atoms with van der Waals surface area (Å²) in [6.07, 6.45) is 0.656. The minimum Gasteiger partial charge on any atom is -0.504 e. The van der Waals surface area contributed by atoms with Crippen molar-refractivity contribution in [2.75, 3.05) is 25.7 Å². The largest absolute Gasteiger partial charge is 0.504 e. The van der Waals surface area contributed by atoms with E-state index in [1.54, 1.807) is 6.07 Å². The van der Waals surface area contributed by atoms with E-state index in [0.717, 1.165) is 5.56 Å². The Balaban J connectivity index is 2.09. The lowest BCUT2D eigenvalue weighted by Crippen LogP contribution is -2.32. The van der Waals surface area contributed by atoms with Crippen LogP contribution in [0.25, 0.3) is 0 Å². The summed E-state index contributed by atoms with van der Waals surface area (Å²) in [5.74, 6) is 1.02. The fraction of sp³-hybridized carbons (Fsp3) is 0.538. The number of hydrogen-bond donors (Lipinski definition) is 1. The Morgan fingerprint density at radius 3 is 2.79 bits per heavy atom. The van der Waals surface area contributed by atoms with Gasteiger partial charge >= 0.3 is 0 Å². The number of rotatable bonds is 4. The third kappa shape index (κ3) is 3.19. The molecule has 0 spiro atoms. The van der Waals surface area contributed by atoms with Crippen LogP contribution in [0.2, 0.25) is 0 Å². The van der Waals surface area contributed by atoms with Gasteiger partial charge in [0, 0.05) is 18.2 Å². The molecule has 19 heavy (non-hydrogen) atoms. The Kier molecular flexibility index (Phi) is 4.01. The van der Waals surface area contributed by atoms with Crippen LogP contribution < -0.4 is 4.74 Å². The zero-order chi connectivity index (χ0) is 14.0. The molecule has 0 aliphatic carbocycles. The number of nitrogens with zero attached hydrogens (tertiary/aromatic N) is 1. The van der Waals surface area contributed by atoms with E-state index in [1.807, 2.05) is 24.1 Å². The SMILES string of the molecule is COc1cccc(CN(C)C2CCS(=O)(=O)C2)c1O.